The van der Waals surface area contributed by atoms with Gasteiger partial charge in [-0.15, -0.1) is 0 Å². The monoisotopic (exact) mass is 1400 g/mol. The first kappa shape index (κ1) is 93.1. The van der Waals surface area contributed by atoms with Crippen molar-refractivity contribution < 1.29 is 80.2 Å². The van der Waals surface area contributed by atoms with E-state index < -0.39 is 97.5 Å². The molecule has 0 amide bonds. The van der Waals surface area contributed by atoms with E-state index >= 15 is 0 Å². The van der Waals surface area contributed by atoms with E-state index in [-0.39, 0.29) is 25.7 Å². The van der Waals surface area contributed by atoms with Gasteiger partial charge in [-0.25, -0.2) is 9.13 Å². The van der Waals surface area contributed by atoms with Crippen molar-refractivity contribution in [1.29, 1.82) is 0 Å². The number of aliphatic hydroxyl groups excluding tert-OH is 1. The number of phosphoric ester groups is 2. The number of esters is 4. The molecule has 0 aromatic heterocycles. The fourth-order valence-electron chi connectivity index (χ4n) is 11.6. The zero-order valence-electron chi connectivity index (χ0n) is 62.0. The number of hydrogen-bond donors (Lipinski definition) is 3. The van der Waals surface area contributed by atoms with Crippen LogP contribution in [-0.4, -0.2) is 96.7 Å². The average molecular weight is 1400 g/mol. The van der Waals surface area contributed by atoms with Gasteiger partial charge in [-0.1, -0.05) is 343 Å². The van der Waals surface area contributed by atoms with E-state index in [1.165, 1.54) is 212 Å². The maximum Gasteiger partial charge on any atom is 0.472 e. The molecule has 0 heterocycles. The molecule has 0 aliphatic heterocycles. The molecule has 4 unspecified atom stereocenters. The van der Waals surface area contributed by atoms with Gasteiger partial charge < -0.3 is 33.8 Å². The number of carbonyl (C=O) groups is 4. The molecule has 17 nitrogen and oxygen atoms in total. The first-order valence-electron chi connectivity index (χ1n) is 39.6. The first-order chi connectivity index (χ1) is 45.9. The summed E-state index contributed by atoms with van der Waals surface area (Å²) in [7, 11) is -9.90. The van der Waals surface area contributed by atoms with Gasteiger partial charge in [0.2, 0.25) is 0 Å². The molecule has 0 saturated carbocycles. The van der Waals surface area contributed by atoms with Crippen molar-refractivity contribution in [3.05, 3.63) is 0 Å². The molecule has 0 aliphatic rings. The third kappa shape index (κ3) is 67.6. The quantitative estimate of drug-likeness (QED) is 0.0222. The molecule has 0 saturated heterocycles. The summed E-state index contributed by atoms with van der Waals surface area (Å²) in [6.07, 6.45) is 55.4. The van der Waals surface area contributed by atoms with Crippen molar-refractivity contribution in [2.24, 2.45) is 11.8 Å². The summed E-state index contributed by atoms with van der Waals surface area (Å²) in [5, 5.41) is 10.6. The lowest BCUT2D eigenvalue weighted by atomic mass is 9.99. The molecule has 7 atom stereocenters. The normalized spacial score (nSPS) is 14.6. The molecule has 0 rings (SSSR count). The van der Waals surface area contributed by atoms with Gasteiger partial charge in [0.15, 0.2) is 12.2 Å². The van der Waals surface area contributed by atoms with E-state index in [4.69, 9.17) is 37.0 Å². The van der Waals surface area contributed by atoms with Gasteiger partial charge in [-0.2, -0.15) is 0 Å². The molecule has 564 valence electrons. The first-order valence-corrected chi connectivity index (χ1v) is 42.6. The highest BCUT2D eigenvalue weighted by atomic mass is 31.2. The minimum Gasteiger partial charge on any atom is -0.462 e. The van der Waals surface area contributed by atoms with Crippen LogP contribution in [-0.2, 0) is 65.4 Å². The Hall–Kier alpha value is -1.94. The van der Waals surface area contributed by atoms with E-state index in [1.54, 1.807) is 0 Å². The zero-order valence-corrected chi connectivity index (χ0v) is 63.8. The number of aliphatic hydroxyl groups is 1. The Morgan fingerprint density at radius 2 is 0.505 bits per heavy atom. The fourth-order valence-corrected chi connectivity index (χ4v) is 13.2. The summed E-state index contributed by atoms with van der Waals surface area (Å²) in [5.74, 6) is -0.437. The van der Waals surface area contributed by atoms with Gasteiger partial charge in [0.05, 0.1) is 26.4 Å². The van der Waals surface area contributed by atoms with Crippen molar-refractivity contribution in [2.75, 3.05) is 39.6 Å². The second-order valence-corrected chi connectivity index (χ2v) is 30.8. The van der Waals surface area contributed by atoms with Crippen molar-refractivity contribution in [3.8, 4) is 0 Å². The molecule has 0 aliphatic carbocycles. The fraction of sp³-hybridized carbons (Fsp3) is 0.947. The van der Waals surface area contributed by atoms with Crippen LogP contribution in [0, 0.1) is 11.8 Å². The molecule has 0 bridgehead atoms. The molecule has 3 N–H and O–H groups in total. The van der Waals surface area contributed by atoms with Crippen LogP contribution in [0.4, 0.5) is 0 Å². The third-order valence-electron chi connectivity index (χ3n) is 18.4. The summed E-state index contributed by atoms with van der Waals surface area (Å²) < 4.78 is 68.4. The lowest BCUT2D eigenvalue weighted by Crippen LogP contribution is -2.30. The Kier molecular flexibility index (Phi) is 66.5. The van der Waals surface area contributed by atoms with Crippen molar-refractivity contribution in [1.82, 2.24) is 0 Å². The Labute approximate surface area is 581 Å². The highest BCUT2D eigenvalue weighted by Crippen LogP contribution is 2.45. The Balaban J connectivity index is 5.17. The van der Waals surface area contributed by atoms with Gasteiger partial charge in [0, 0.05) is 25.7 Å². The number of unbranched alkanes of at least 4 members (excludes halogenated alkanes) is 43. The number of ether oxygens (including phenoxy) is 4. The SMILES string of the molecule is CCCCCCCCCCCCC(=O)O[C@H](COC(=O)CCCCCCCCCCC)COP(=O)(O)OC[C@H](O)COP(=O)(O)OC[C@@H](COC(=O)CCCCCCCCCCCCC(C)CC)OC(=O)CCCCCCCCCCCCCCCCCCCCC(C)CC. The maximum atomic E-state index is 13.1. The predicted octanol–water partition coefficient (Wildman–Crippen LogP) is 22.3. The summed E-state index contributed by atoms with van der Waals surface area (Å²) in [4.78, 5) is 72.7. The van der Waals surface area contributed by atoms with E-state index in [9.17, 15) is 43.2 Å². The number of rotatable bonds is 75. The number of carbonyl (C=O) groups excluding carboxylic acids is 4. The second kappa shape index (κ2) is 67.9. The van der Waals surface area contributed by atoms with Crippen molar-refractivity contribution >= 4 is 39.5 Å². The van der Waals surface area contributed by atoms with Gasteiger partial charge in [-0.05, 0) is 37.5 Å². The zero-order chi connectivity index (χ0) is 70.0. The van der Waals surface area contributed by atoms with Gasteiger partial charge in [0.1, 0.15) is 19.3 Å². The summed E-state index contributed by atoms with van der Waals surface area (Å²) in [5.41, 5.74) is 0. The van der Waals surface area contributed by atoms with Crippen LogP contribution in [0.5, 0.6) is 0 Å². The molecular formula is C76H148O17P2. The van der Waals surface area contributed by atoms with Crippen LogP contribution in [0.25, 0.3) is 0 Å². The van der Waals surface area contributed by atoms with Crippen LogP contribution < -0.4 is 0 Å². The van der Waals surface area contributed by atoms with E-state index in [0.717, 1.165) is 102 Å². The lowest BCUT2D eigenvalue weighted by Gasteiger charge is -2.21. The molecular weight excluding hydrogens is 1250 g/mol. The Morgan fingerprint density at radius 3 is 0.747 bits per heavy atom. The lowest BCUT2D eigenvalue weighted by molar-refractivity contribution is -0.161. The minimum atomic E-state index is -4.96. The van der Waals surface area contributed by atoms with Crippen LogP contribution in [0.1, 0.15) is 395 Å². The molecule has 0 aromatic rings. The van der Waals surface area contributed by atoms with Gasteiger partial charge >= 0.3 is 39.5 Å². The molecule has 0 aromatic carbocycles. The second-order valence-electron chi connectivity index (χ2n) is 27.9. The van der Waals surface area contributed by atoms with Gasteiger partial charge in [-0.3, -0.25) is 37.3 Å². The average Bonchev–Trinajstić information content (AvgIpc) is 1.43. The molecule has 95 heavy (non-hydrogen) atoms. The van der Waals surface area contributed by atoms with E-state index in [2.05, 4.69) is 41.5 Å². The largest absolute Gasteiger partial charge is 0.472 e. The summed E-state index contributed by atoms with van der Waals surface area (Å²) in [6, 6.07) is 0. The summed E-state index contributed by atoms with van der Waals surface area (Å²) >= 11 is 0. The molecule has 0 radical (unpaired) electrons. The van der Waals surface area contributed by atoms with E-state index in [0.29, 0.717) is 25.7 Å². The third-order valence-corrected chi connectivity index (χ3v) is 20.3. The molecule has 19 heteroatoms. The summed E-state index contributed by atoms with van der Waals surface area (Å²) in [6.45, 7) is 9.66. The van der Waals surface area contributed by atoms with Crippen LogP contribution >= 0.6 is 15.6 Å². The van der Waals surface area contributed by atoms with Gasteiger partial charge in [0.25, 0.3) is 0 Å². The standard InChI is InChI=1S/C76H148O17P2/c1-7-11-13-15-17-19-35-42-48-54-60-75(80)92-71(64-86-73(78)58-52-46-40-32-18-16-14-12-8-2)66-90-94(82,83)88-62-70(77)63-89-95(84,85)91-67-72(65-87-74(79)59-53-47-41-36-31-30-34-39-45-51-57-69(6)10-4)93-76(81)61-55-49-43-37-29-27-25-23-21-20-22-24-26-28-33-38-44-50-56-68(5)9-3/h68-72,77H,7-67H2,1-6H3,(H,82,83)(H,84,85)/t68?,69?,70-,71+,72+/m0/s1. The Bertz CT molecular complexity index is 1840. The molecule has 0 spiro atoms. The van der Waals surface area contributed by atoms with Crippen LogP contribution in [0.15, 0.2) is 0 Å². The highest BCUT2D eigenvalue weighted by Gasteiger charge is 2.30. The van der Waals surface area contributed by atoms with E-state index in [1.807, 2.05) is 0 Å². The molecule has 0 fully saturated rings. The predicted molar refractivity (Wildman–Crippen MR) is 386 cm³/mol. The number of hydrogen-bond acceptors (Lipinski definition) is 15. The van der Waals surface area contributed by atoms with Crippen molar-refractivity contribution in [3.63, 3.8) is 0 Å². The Morgan fingerprint density at radius 1 is 0.295 bits per heavy atom. The van der Waals surface area contributed by atoms with Crippen LogP contribution in [0.3, 0.4) is 0 Å². The van der Waals surface area contributed by atoms with Crippen molar-refractivity contribution in [2.45, 2.75) is 413 Å². The van der Waals surface area contributed by atoms with Crippen LogP contribution in [0.2, 0.25) is 0 Å². The minimum absolute atomic E-state index is 0.106. The maximum absolute atomic E-state index is 13.1. The highest BCUT2D eigenvalue weighted by molar-refractivity contribution is 7.47. The topological polar surface area (TPSA) is 237 Å². The smallest absolute Gasteiger partial charge is 0.462 e. The number of phosphoric acid groups is 2.